The number of carbonyl (C=O) groups excluding carboxylic acids is 1. The van der Waals surface area contributed by atoms with Crippen molar-refractivity contribution in [2.45, 2.75) is 27.4 Å². The van der Waals surface area contributed by atoms with E-state index in [0.29, 0.717) is 28.6 Å². The van der Waals surface area contributed by atoms with Crippen molar-refractivity contribution in [3.8, 4) is 11.8 Å². The smallest absolute Gasteiger partial charge is 0.266 e. The van der Waals surface area contributed by atoms with Gasteiger partial charge in [0, 0.05) is 11.3 Å². The largest absolute Gasteiger partial charge is 0.487 e. The Morgan fingerprint density at radius 3 is 2.57 bits per heavy atom. The van der Waals surface area contributed by atoms with E-state index in [1.54, 1.807) is 18.2 Å². The van der Waals surface area contributed by atoms with Gasteiger partial charge >= 0.3 is 0 Å². The van der Waals surface area contributed by atoms with E-state index in [-0.39, 0.29) is 5.57 Å². The molecule has 4 aromatic rings. The lowest BCUT2D eigenvalue weighted by Gasteiger charge is -2.13. The van der Waals surface area contributed by atoms with Crippen molar-refractivity contribution in [1.29, 1.82) is 5.26 Å². The zero-order valence-corrected chi connectivity index (χ0v) is 20.6. The molecule has 0 fully saturated rings. The molecule has 35 heavy (non-hydrogen) atoms. The van der Waals surface area contributed by atoms with Gasteiger partial charge in [-0.3, -0.25) is 4.79 Å². The number of hydrogen-bond donors (Lipinski definition) is 1. The van der Waals surface area contributed by atoms with Crippen LogP contribution < -0.4 is 10.1 Å². The van der Waals surface area contributed by atoms with Crippen LogP contribution in [0, 0.1) is 32.1 Å². The predicted molar refractivity (Wildman–Crippen MR) is 143 cm³/mol. The summed E-state index contributed by atoms with van der Waals surface area (Å²) in [7, 11) is 0. The predicted octanol–water partition coefficient (Wildman–Crippen LogP) is 7.54. The summed E-state index contributed by atoms with van der Waals surface area (Å²) in [5.74, 6) is 0.0681. The molecule has 0 saturated carbocycles. The van der Waals surface area contributed by atoms with E-state index in [0.717, 1.165) is 33.0 Å². The molecule has 0 bridgehead atoms. The number of aryl methyl sites for hydroxylation is 2. The number of anilines is 1. The van der Waals surface area contributed by atoms with Gasteiger partial charge in [-0.05, 0) is 78.1 Å². The van der Waals surface area contributed by atoms with Crippen LogP contribution in [0.15, 0.2) is 78.4 Å². The molecule has 4 aromatic carbocycles. The molecule has 4 nitrogen and oxygen atoms in total. The van der Waals surface area contributed by atoms with Crippen molar-refractivity contribution in [2.24, 2.45) is 0 Å². The van der Waals surface area contributed by atoms with Gasteiger partial charge in [-0.2, -0.15) is 5.26 Å². The monoisotopic (exact) mass is 480 g/mol. The summed E-state index contributed by atoms with van der Waals surface area (Å²) < 4.78 is 6.05. The minimum atomic E-state index is -0.468. The molecule has 0 atom stereocenters. The zero-order chi connectivity index (χ0) is 24.9. The van der Waals surface area contributed by atoms with Crippen molar-refractivity contribution >= 4 is 40.0 Å². The van der Waals surface area contributed by atoms with Gasteiger partial charge in [0.25, 0.3) is 5.91 Å². The van der Waals surface area contributed by atoms with Crippen molar-refractivity contribution in [2.75, 3.05) is 5.32 Å². The molecule has 0 aromatic heterocycles. The van der Waals surface area contributed by atoms with Crippen LogP contribution in [0.3, 0.4) is 0 Å². The fourth-order valence-corrected chi connectivity index (χ4v) is 4.15. The second kappa shape index (κ2) is 10.5. The van der Waals surface area contributed by atoms with Crippen molar-refractivity contribution in [1.82, 2.24) is 0 Å². The van der Waals surface area contributed by atoms with Crippen LogP contribution in [-0.2, 0) is 11.4 Å². The van der Waals surface area contributed by atoms with Crippen molar-refractivity contribution < 1.29 is 9.53 Å². The van der Waals surface area contributed by atoms with Gasteiger partial charge < -0.3 is 10.1 Å². The highest BCUT2D eigenvalue weighted by molar-refractivity contribution is 6.32. The summed E-state index contributed by atoms with van der Waals surface area (Å²) in [6.45, 7) is 6.34. The van der Waals surface area contributed by atoms with Gasteiger partial charge in [-0.1, -0.05) is 66.2 Å². The molecule has 4 rings (SSSR count). The van der Waals surface area contributed by atoms with E-state index >= 15 is 0 Å². The maximum absolute atomic E-state index is 12.7. The number of nitriles is 1. The maximum atomic E-state index is 12.7. The third-order valence-corrected chi connectivity index (χ3v) is 6.43. The van der Waals surface area contributed by atoms with Crippen LogP contribution in [0.5, 0.6) is 5.75 Å². The summed E-state index contributed by atoms with van der Waals surface area (Å²) in [5, 5.41) is 15.1. The average molecular weight is 481 g/mol. The van der Waals surface area contributed by atoms with Gasteiger partial charge in [-0.15, -0.1) is 0 Å². The van der Waals surface area contributed by atoms with Gasteiger partial charge in [0.15, 0.2) is 0 Å². The number of nitrogens with one attached hydrogen (secondary N) is 1. The molecule has 1 N–H and O–H groups in total. The fraction of sp³-hybridized carbons (Fsp3) is 0.133. The Labute approximate surface area is 210 Å². The highest BCUT2D eigenvalue weighted by Crippen LogP contribution is 2.29. The minimum absolute atomic E-state index is 0.0120. The number of carbonyl (C=O) groups is 1. The van der Waals surface area contributed by atoms with Gasteiger partial charge in [0.2, 0.25) is 0 Å². The lowest BCUT2D eigenvalue weighted by molar-refractivity contribution is -0.112. The van der Waals surface area contributed by atoms with Gasteiger partial charge in [0.1, 0.15) is 24.0 Å². The fourth-order valence-electron chi connectivity index (χ4n) is 3.90. The number of hydrogen-bond acceptors (Lipinski definition) is 3. The van der Waals surface area contributed by atoms with Crippen LogP contribution >= 0.6 is 11.6 Å². The number of nitrogens with zero attached hydrogens (tertiary/aromatic N) is 1. The Bertz CT molecular complexity index is 1500. The molecule has 0 radical (unpaired) electrons. The first kappa shape index (κ1) is 24.1. The Hall–Kier alpha value is -4.07. The first-order valence-corrected chi connectivity index (χ1v) is 11.6. The number of halogens is 1. The van der Waals surface area contributed by atoms with Crippen LogP contribution in [0.25, 0.3) is 16.8 Å². The van der Waals surface area contributed by atoms with Crippen molar-refractivity contribution in [3.63, 3.8) is 0 Å². The molecule has 0 saturated heterocycles. The molecular weight excluding hydrogens is 456 g/mol. The van der Waals surface area contributed by atoms with E-state index < -0.39 is 5.91 Å². The molecule has 0 heterocycles. The molecule has 1 amide bonds. The number of amides is 1. The topological polar surface area (TPSA) is 62.1 Å². The molecule has 0 aliphatic heterocycles. The van der Waals surface area contributed by atoms with Crippen LogP contribution in [0.1, 0.15) is 27.8 Å². The lowest BCUT2D eigenvalue weighted by atomic mass is 10.0. The molecule has 174 valence electrons. The lowest BCUT2D eigenvalue weighted by Crippen LogP contribution is -2.14. The summed E-state index contributed by atoms with van der Waals surface area (Å²) in [5.41, 5.74) is 5.58. The van der Waals surface area contributed by atoms with E-state index in [4.69, 9.17) is 16.3 Å². The highest BCUT2D eigenvalue weighted by atomic mass is 35.5. The molecule has 0 aliphatic carbocycles. The summed E-state index contributed by atoms with van der Waals surface area (Å²) in [4.78, 5) is 12.7. The first-order chi connectivity index (χ1) is 16.9. The maximum Gasteiger partial charge on any atom is 0.266 e. The van der Waals surface area contributed by atoms with E-state index in [1.165, 1.54) is 6.08 Å². The molecule has 5 heteroatoms. The first-order valence-electron chi connectivity index (χ1n) is 11.3. The molecule has 0 unspecified atom stereocenters. The minimum Gasteiger partial charge on any atom is -0.487 e. The normalized spacial score (nSPS) is 11.2. The number of rotatable bonds is 6. The quantitative estimate of drug-likeness (QED) is 0.229. The number of fused-ring (bicyclic) bond motifs is 1. The van der Waals surface area contributed by atoms with Crippen LogP contribution in [-0.4, -0.2) is 5.91 Å². The molecular formula is C30H25ClN2O2. The summed E-state index contributed by atoms with van der Waals surface area (Å²) in [6, 6.07) is 25.2. The number of ether oxygens (including phenoxy) is 1. The Morgan fingerprint density at radius 2 is 1.80 bits per heavy atom. The Kier molecular flexibility index (Phi) is 7.19. The molecule has 0 aliphatic rings. The third kappa shape index (κ3) is 5.37. The van der Waals surface area contributed by atoms with Gasteiger partial charge in [-0.25, -0.2) is 0 Å². The van der Waals surface area contributed by atoms with Crippen molar-refractivity contribution in [3.05, 3.63) is 111 Å². The second-order valence-electron chi connectivity index (χ2n) is 8.43. The van der Waals surface area contributed by atoms with E-state index in [2.05, 4.69) is 36.5 Å². The van der Waals surface area contributed by atoms with Gasteiger partial charge in [0.05, 0.1) is 5.02 Å². The second-order valence-corrected chi connectivity index (χ2v) is 8.84. The van der Waals surface area contributed by atoms with E-state index in [9.17, 15) is 10.1 Å². The summed E-state index contributed by atoms with van der Waals surface area (Å²) >= 11 is 6.49. The number of benzene rings is 4. The highest BCUT2D eigenvalue weighted by Gasteiger charge is 2.13. The summed E-state index contributed by atoms with van der Waals surface area (Å²) in [6.07, 6.45) is 1.52. The van der Waals surface area contributed by atoms with E-state index in [1.807, 2.05) is 50.2 Å². The standard InChI is InChI=1S/C30H25ClN2O2/c1-19-7-6-10-28(21(19)3)33-30(34)24(17-32)15-22-12-14-29(27(31)16-22)35-18-26-20(2)11-13-23-8-4-5-9-25(23)26/h4-16H,18H2,1-3H3,(H,33,34)/b24-15+. The average Bonchev–Trinajstić information content (AvgIpc) is 2.85. The molecule has 0 spiro atoms. The Balaban J connectivity index is 1.51. The van der Waals surface area contributed by atoms with Crippen LogP contribution in [0.2, 0.25) is 5.02 Å². The Morgan fingerprint density at radius 1 is 1.00 bits per heavy atom. The SMILES string of the molecule is Cc1cccc(NC(=O)/C(C#N)=C/c2ccc(OCc3c(C)ccc4ccccc34)c(Cl)c2)c1C. The third-order valence-electron chi connectivity index (χ3n) is 6.13. The van der Waals surface area contributed by atoms with Crippen LogP contribution in [0.4, 0.5) is 5.69 Å². The zero-order valence-electron chi connectivity index (χ0n) is 19.9.